The molecule has 0 N–H and O–H groups in total. The first-order valence-corrected chi connectivity index (χ1v) is 16.4. The summed E-state index contributed by atoms with van der Waals surface area (Å²) in [5.41, 5.74) is -2.62. The summed E-state index contributed by atoms with van der Waals surface area (Å²) >= 11 is 13.0. The summed E-state index contributed by atoms with van der Waals surface area (Å²) < 4.78 is 100. The van der Waals surface area contributed by atoms with Crippen molar-refractivity contribution < 1.29 is 49.8 Å². The van der Waals surface area contributed by atoms with Crippen molar-refractivity contribution in [2.45, 2.75) is 42.4 Å². The fourth-order valence-corrected chi connectivity index (χ4v) is 8.24. The van der Waals surface area contributed by atoms with Crippen LogP contribution in [-0.2, 0) is 25.2 Å². The van der Waals surface area contributed by atoms with Crippen LogP contribution in [0.3, 0.4) is 0 Å². The average molecular weight is 735 g/mol. The zero-order valence-corrected chi connectivity index (χ0v) is 28.4. The van der Waals surface area contributed by atoms with Crippen LogP contribution in [0.25, 0.3) is 0 Å². The first-order valence-electron chi connectivity index (χ1n) is 14.2. The number of rotatable bonds is 8. The molecule has 2 unspecified atom stereocenters. The molecule has 3 atom stereocenters. The van der Waals surface area contributed by atoms with E-state index in [9.17, 15) is 26.4 Å². The molecule has 10 nitrogen and oxygen atoms in total. The molecule has 3 aromatic rings. The summed E-state index contributed by atoms with van der Waals surface area (Å²) in [6, 6.07) is 7.97. The van der Waals surface area contributed by atoms with Gasteiger partial charge in [0.05, 0.1) is 25.9 Å². The number of benzene rings is 3. The molecular weight excluding hydrogens is 705 g/mol. The molecule has 0 saturated carbocycles. The minimum Gasteiger partial charge on any atom is -0.497 e. The van der Waals surface area contributed by atoms with Crippen molar-refractivity contribution in [2.24, 2.45) is 0 Å². The third kappa shape index (κ3) is 5.69. The topological polar surface area (TPSA) is 106 Å². The molecule has 1 saturated heterocycles. The molecule has 0 spiro atoms. The zero-order valence-electron chi connectivity index (χ0n) is 26.1. The van der Waals surface area contributed by atoms with Crippen molar-refractivity contribution in [2.75, 3.05) is 39.2 Å². The lowest BCUT2D eigenvalue weighted by Crippen LogP contribution is -2.59. The van der Waals surface area contributed by atoms with E-state index in [4.69, 9.17) is 32.7 Å². The molecule has 1 fully saturated rings. The number of halogens is 6. The minimum absolute atomic E-state index is 0.0150. The van der Waals surface area contributed by atoms with E-state index >= 15 is 9.18 Å². The van der Waals surface area contributed by atoms with Gasteiger partial charge in [0.1, 0.15) is 22.6 Å². The summed E-state index contributed by atoms with van der Waals surface area (Å²) in [5.74, 6) is -3.20. The number of ether oxygens (including phenoxy) is 3. The Hall–Kier alpha value is -3.79. The highest BCUT2D eigenvalue weighted by atomic mass is 35.5. The number of likely N-dealkylation sites (tertiary alicyclic amines) is 1. The normalized spacial score (nSPS) is 21.3. The molecule has 48 heavy (non-hydrogen) atoms. The van der Waals surface area contributed by atoms with Crippen LogP contribution >= 0.6 is 23.2 Å². The number of hydrogen-bond acceptors (Lipinski definition) is 8. The Kier molecular flexibility index (Phi) is 9.31. The SMILES string of the molecule is COc1ccc(S(=O)(=O)N2C(=O)C(c3cc(Cl)ccc3OC)(N3C[C@H](F)CC3C(=O)N(C)C)c3c2ccc(Cl)c3C)c(OC(F)(F)F)c1. The van der Waals surface area contributed by atoms with Crippen molar-refractivity contribution in [1.82, 2.24) is 9.80 Å². The Balaban J connectivity index is 1.91. The van der Waals surface area contributed by atoms with E-state index in [1.54, 1.807) is 0 Å². The first-order chi connectivity index (χ1) is 22.4. The van der Waals surface area contributed by atoms with Gasteiger partial charge in [0.2, 0.25) is 5.91 Å². The number of alkyl halides is 4. The van der Waals surface area contributed by atoms with Gasteiger partial charge in [-0.3, -0.25) is 14.5 Å². The van der Waals surface area contributed by atoms with E-state index in [-0.39, 0.29) is 50.3 Å². The van der Waals surface area contributed by atoms with Gasteiger partial charge in [-0.15, -0.1) is 13.2 Å². The monoisotopic (exact) mass is 733 g/mol. The van der Waals surface area contributed by atoms with Crippen LogP contribution in [0.15, 0.2) is 53.4 Å². The third-order valence-corrected chi connectivity index (χ3v) is 10.7. The highest BCUT2D eigenvalue weighted by molar-refractivity contribution is 7.93. The second kappa shape index (κ2) is 12.6. The lowest BCUT2D eigenvalue weighted by atomic mass is 9.79. The fraction of sp³-hybridized carbons (Fsp3) is 0.355. The molecule has 0 radical (unpaired) electrons. The molecule has 2 amide bonds. The van der Waals surface area contributed by atoms with E-state index < -0.39 is 63.1 Å². The van der Waals surface area contributed by atoms with Gasteiger partial charge in [0, 0.05) is 54.3 Å². The number of methoxy groups -OCH3 is 2. The van der Waals surface area contributed by atoms with Crippen molar-refractivity contribution in [3.63, 3.8) is 0 Å². The summed E-state index contributed by atoms with van der Waals surface area (Å²) in [4.78, 5) is 30.4. The molecular formula is C31H29Cl2F4N3O7S. The van der Waals surface area contributed by atoms with Gasteiger partial charge in [-0.05, 0) is 55.0 Å². The molecule has 5 rings (SSSR count). The maximum absolute atomic E-state index is 15.5. The smallest absolute Gasteiger partial charge is 0.497 e. The Bertz CT molecular complexity index is 1910. The third-order valence-electron chi connectivity index (χ3n) is 8.30. The maximum Gasteiger partial charge on any atom is 0.573 e. The number of hydrogen-bond donors (Lipinski definition) is 0. The second-order valence-electron chi connectivity index (χ2n) is 11.3. The van der Waals surface area contributed by atoms with Crippen molar-refractivity contribution >= 4 is 50.7 Å². The van der Waals surface area contributed by atoms with E-state index in [2.05, 4.69) is 4.74 Å². The highest BCUT2D eigenvalue weighted by Gasteiger charge is 2.65. The quantitative estimate of drug-likeness (QED) is 0.272. The number of sulfonamides is 1. The number of likely N-dealkylation sites (N-methyl/N-ethyl adjacent to an activating group) is 1. The molecule has 17 heteroatoms. The Morgan fingerprint density at radius 2 is 1.71 bits per heavy atom. The first kappa shape index (κ1) is 35.5. The number of fused-ring (bicyclic) bond motifs is 1. The van der Waals surface area contributed by atoms with Crippen LogP contribution in [0, 0.1) is 6.92 Å². The number of nitrogens with zero attached hydrogens (tertiary/aromatic N) is 3. The van der Waals surface area contributed by atoms with Crippen LogP contribution in [-0.4, -0.2) is 83.5 Å². The predicted octanol–water partition coefficient (Wildman–Crippen LogP) is 5.70. The molecule has 2 heterocycles. The summed E-state index contributed by atoms with van der Waals surface area (Å²) in [5, 5.41) is 0.145. The second-order valence-corrected chi connectivity index (χ2v) is 13.9. The van der Waals surface area contributed by atoms with Crippen molar-refractivity contribution in [1.29, 1.82) is 0 Å². The average Bonchev–Trinajstić information content (AvgIpc) is 3.52. The molecule has 2 aliphatic rings. The van der Waals surface area contributed by atoms with E-state index in [0.29, 0.717) is 10.4 Å². The minimum atomic E-state index is -5.34. The largest absolute Gasteiger partial charge is 0.573 e. The van der Waals surface area contributed by atoms with Gasteiger partial charge in [0.25, 0.3) is 15.9 Å². The summed E-state index contributed by atoms with van der Waals surface area (Å²) in [6.45, 7) is 0.962. The van der Waals surface area contributed by atoms with Crippen LogP contribution in [0.4, 0.5) is 23.2 Å². The lowest BCUT2D eigenvalue weighted by Gasteiger charge is -2.42. The van der Waals surface area contributed by atoms with Gasteiger partial charge < -0.3 is 19.1 Å². The standard InChI is InChI=1S/C31H29Cl2F4N3O7S/c1-16-21(33)8-9-22-27(16)30(20-12-17(32)6-10-24(20)46-5,39-15-18(34)13-23(39)28(41)38(2)3)29(42)40(22)48(43,44)26-11-7-19(45-4)14-25(26)47-31(35,36)37/h6-12,14,18,23H,13,15H2,1-5H3/t18-,23?,30?/m1/s1. The van der Waals surface area contributed by atoms with Gasteiger partial charge >= 0.3 is 6.36 Å². The van der Waals surface area contributed by atoms with E-state index in [1.807, 2.05) is 0 Å². The van der Waals surface area contributed by atoms with Gasteiger partial charge in [-0.2, -0.15) is 0 Å². The number of amides is 2. The number of anilines is 1. The van der Waals surface area contributed by atoms with Crippen LogP contribution in [0.2, 0.25) is 10.0 Å². The molecule has 0 bridgehead atoms. The Morgan fingerprint density at radius 3 is 2.31 bits per heavy atom. The van der Waals surface area contributed by atoms with Crippen LogP contribution < -0.4 is 18.5 Å². The highest BCUT2D eigenvalue weighted by Crippen LogP contribution is 2.57. The van der Waals surface area contributed by atoms with E-state index in [0.717, 1.165) is 19.2 Å². The zero-order chi connectivity index (χ0) is 35.5. The van der Waals surface area contributed by atoms with Crippen molar-refractivity contribution in [3.05, 3.63) is 75.3 Å². The summed E-state index contributed by atoms with van der Waals surface area (Å²) in [6.07, 6.45) is -7.36. The molecule has 3 aromatic carbocycles. The number of carbonyl (C=O) groups excluding carboxylic acids is 2. The Morgan fingerprint density at radius 1 is 1.02 bits per heavy atom. The maximum atomic E-state index is 15.5. The molecule has 0 aliphatic carbocycles. The lowest BCUT2D eigenvalue weighted by molar-refractivity contribution is -0.275. The number of carbonyl (C=O) groups is 2. The van der Waals surface area contributed by atoms with Crippen molar-refractivity contribution in [3.8, 4) is 17.2 Å². The molecule has 2 aliphatic heterocycles. The van der Waals surface area contributed by atoms with Crippen LogP contribution in [0.1, 0.15) is 23.1 Å². The Labute approximate surface area is 283 Å². The molecule has 0 aromatic heterocycles. The van der Waals surface area contributed by atoms with E-state index in [1.165, 1.54) is 68.3 Å². The van der Waals surface area contributed by atoms with Gasteiger partial charge in [-0.25, -0.2) is 17.1 Å². The van der Waals surface area contributed by atoms with Gasteiger partial charge in [0.15, 0.2) is 11.3 Å². The summed E-state index contributed by atoms with van der Waals surface area (Å²) in [7, 11) is 0.0157. The van der Waals surface area contributed by atoms with Gasteiger partial charge in [-0.1, -0.05) is 23.2 Å². The molecule has 258 valence electrons. The van der Waals surface area contributed by atoms with Crippen LogP contribution in [0.5, 0.6) is 17.2 Å². The predicted molar refractivity (Wildman–Crippen MR) is 168 cm³/mol. The fourth-order valence-electron chi connectivity index (χ4n) is 6.35.